The Bertz CT molecular complexity index is 1240. The summed E-state index contributed by atoms with van der Waals surface area (Å²) >= 11 is 0. The summed E-state index contributed by atoms with van der Waals surface area (Å²) in [6, 6.07) is 5.50. The summed E-state index contributed by atoms with van der Waals surface area (Å²) in [4.78, 5) is 4.43. The van der Waals surface area contributed by atoms with E-state index in [9.17, 15) is 12.8 Å². The van der Waals surface area contributed by atoms with E-state index in [0.717, 1.165) is 6.07 Å². The highest BCUT2D eigenvalue weighted by Crippen LogP contribution is 2.36. The molecule has 2 heterocycles. The molecule has 152 valence electrons. The third kappa shape index (κ3) is 3.97. The van der Waals surface area contributed by atoms with Gasteiger partial charge in [0.25, 0.3) is 0 Å². The zero-order valence-electron chi connectivity index (χ0n) is 16.4. The molecule has 1 aromatic carbocycles. The van der Waals surface area contributed by atoms with Crippen molar-refractivity contribution >= 4 is 20.7 Å². The van der Waals surface area contributed by atoms with Crippen molar-refractivity contribution in [2.24, 2.45) is 7.05 Å². The minimum absolute atomic E-state index is 0.0626. The number of halogens is 1. The van der Waals surface area contributed by atoms with Crippen LogP contribution in [0.4, 0.5) is 4.39 Å². The van der Waals surface area contributed by atoms with Gasteiger partial charge >= 0.3 is 0 Å². The summed E-state index contributed by atoms with van der Waals surface area (Å²) in [6.45, 7) is 1.48. The summed E-state index contributed by atoms with van der Waals surface area (Å²) in [5, 5.41) is 9.55. The average molecular weight is 416 g/mol. The molecule has 2 aromatic heterocycles. The van der Waals surface area contributed by atoms with Gasteiger partial charge in [-0.3, -0.25) is 0 Å². The quantitative estimate of drug-likeness (QED) is 0.511. The summed E-state index contributed by atoms with van der Waals surface area (Å²) in [6.07, 6.45) is 2.01. The van der Waals surface area contributed by atoms with Crippen LogP contribution in [0.1, 0.15) is 19.0 Å². The highest BCUT2D eigenvalue weighted by Gasteiger charge is 2.20. The Morgan fingerprint density at radius 3 is 2.69 bits per heavy atom. The molecule has 0 bridgehead atoms. The Morgan fingerprint density at radius 1 is 1.28 bits per heavy atom. The maximum atomic E-state index is 14.7. The van der Waals surface area contributed by atoms with Gasteiger partial charge in [0.1, 0.15) is 17.0 Å². The monoisotopic (exact) mass is 416 g/mol. The highest BCUT2D eigenvalue weighted by atomic mass is 32.2. The topological polar surface area (TPSA) is 81.4 Å². The Morgan fingerprint density at radius 2 is 2.03 bits per heavy atom. The van der Waals surface area contributed by atoms with Crippen molar-refractivity contribution in [2.75, 3.05) is 19.5 Å². The van der Waals surface area contributed by atoms with Gasteiger partial charge in [-0.05, 0) is 30.2 Å². The smallest absolute Gasteiger partial charge is 0.239 e. The van der Waals surface area contributed by atoms with E-state index in [1.807, 2.05) is 0 Å². The molecule has 0 radical (unpaired) electrons. The number of pyridine rings is 1. The van der Waals surface area contributed by atoms with Crippen molar-refractivity contribution in [3.63, 3.8) is 0 Å². The number of ether oxygens (including phenoxy) is 1. The molecular weight excluding hydrogens is 395 g/mol. The van der Waals surface area contributed by atoms with Crippen LogP contribution in [-0.2, 0) is 16.9 Å². The highest BCUT2D eigenvalue weighted by molar-refractivity contribution is 7.91. The Hall–Kier alpha value is -2.89. The van der Waals surface area contributed by atoms with E-state index in [4.69, 9.17) is 9.84 Å². The molecule has 29 heavy (non-hydrogen) atoms. The van der Waals surface area contributed by atoms with E-state index in [1.54, 1.807) is 30.8 Å². The summed E-state index contributed by atoms with van der Waals surface area (Å²) in [5.74, 6) is 5.38. The molecule has 1 N–H and O–H groups in total. The van der Waals surface area contributed by atoms with Gasteiger partial charge in [0.15, 0.2) is 9.84 Å². The molecule has 0 atom stereocenters. The fourth-order valence-corrected chi connectivity index (χ4v) is 4.00. The minimum atomic E-state index is -3.48. The first-order chi connectivity index (χ1) is 13.8. The maximum Gasteiger partial charge on any atom is 0.239 e. The molecule has 0 amide bonds. The van der Waals surface area contributed by atoms with Gasteiger partial charge in [-0.25, -0.2) is 17.8 Å². The number of rotatable bonds is 5. The lowest BCUT2D eigenvalue weighted by Gasteiger charge is -2.07. The van der Waals surface area contributed by atoms with Crippen molar-refractivity contribution < 1.29 is 22.7 Å². The van der Waals surface area contributed by atoms with Gasteiger partial charge in [-0.1, -0.05) is 12.8 Å². The lowest BCUT2D eigenvalue weighted by atomic mass is 10.0. The molecule has 3 rings (SSSR count). The van der Waals surface area contributed by atoms with Crippen molar-refractivity contribution in [3.8, 4) is 28.8 Å². The third-order valence-corrected chi connectivity index (χ3v) is 6.27. The van der Waals surface area contributed by atoms with E-state index in [1.165, 1.54) is 19.2 Å². The number of aliphatic hydroxyl groups excluding tert-OH is 1. The first kappa shape index (κ1) is 20.8. The minimum Gasteiger partial charge on any atom is -0.479 e. The van der Waals surface area contributed by atoms with Crippen LogP contribution in [0.25, 0.3) is 22.0 Å². The molecule has 0 aliphatic carbocycles. The van der Waals surface area contributed by atoms with Crippen LogP contribution in [0, 0.1) is 17.7 Å². The van der Waals surface area contributed by atoms with Crippen LogP contribution >= 0.6 is 0 Å². The number of aryl methyl sites for hydroxylation is 1. The number of benzene rings is 1. The van der Waals surface area contributed by atoms with Crippen LogP contribution in [-0.4, -0.2) is 42.5 Å². The largest absolute Gasteiger partial charge is 0.479 e. The van der Waals surface area contributed by atoms with Crippen molar-refractivity contribution in [3.05, 3.63) is 42.0 Å². The molecule has 8 heteroatoms. The summed E-state index contributed by atoms with van der Waals surface area (Å²) < 4.78 is 46.4. The molecule has 3 aromatic rings. The number of sulfone groups is 1. The van der Waals surface area contributed by atoms with Gasteiger partial charge < -0.3 is 14.4 Å². The lowest BCUT2D eigenvalue weighted by molar-refractivity contribution is 0.305. The van der Waals surface area contributed by atoms with Gasteiger partial charge in [-0.2, -0.15) is 0 Å². The van der Waals surface area contributed by atoms with Crippen LogP contribution in [0.2, 0.25) is 0 Å². The SMILES string of the molecule is CCS(=O)(=O)c1ccc(F)c(-c2cn(C)c3c(OC)nc(C#CCCO)cc23)c1. The fourth-order valence-electron chi connectivity index (χ4n) is 3.09. The van der Waals surface area contributed by atoms with Gasteiger partial charge in [0, 0.05) is 36.2 Å². The van der Waals surface area contributed by atoms with E-state index >= 15 is 0 Å². The molecule has 0 aliphatic heterocycles. The number of aliphatic hydroxyl groups is 1. The maximum absolute atomic E-state index is 14.7. The Balaban J connectivity index is 2.30. The lowest BCUT2D eigenvalue weighted by Crippen LogP contribution is -2.04. The van der Waals surface area contributed by atoms with E-state index in [0.29, 0.717) is 34.5 Å². The Labute approximate surface area is 168 Å². The molecule has 0 aliphatic rings. The molecule has 0 fully saturated rings. The van der Waals surface area contributed by atoms with Crippen LogP contribution < -0.4 is 4.74 Å². The number of nitrogens with zero attached hydrogens (tertiary/aromatic N) is 2. The predicted octanol–water partition coefficient (Wildman–Crippen LogP) is 2.92. The molecule has 6 nitrogen and oxygen atoms in total. The zero-order chi connectivity index (χ0) is 21.2. The van der Waals surface area contributed by atoms with E-state index < -0.39 is 15.7 Å². The summed E-state index contributed by atoms with van der Waals surface area (Å²) in [5.41, 5.74) is 1.73. The first-order valence-electron chi connectivity index (χ1n) is 8.98. The second-order valence-corrected chi connectivity index (χ2v) is 8.67. The van der Waals surface area contributed by atoms with Gasteiger partial charge in [0.2, 0.25) is 5.88 Å². The van der Waals surface area contributed by atoms with E-state index in [2.05, 4.69) is 16.8 Å². The predicted molar refractivity (Wildman–Crippen MR) is 109 cm³/mol. The van der Waals surface area contributed by atoms with Gasteiger partial charge in [0.05, 0.1) is 24.4 Å². The number of hydrogen-bond acceptors (Lipinski definition) is 5. The molecule has 0 saturated heterocycles. The second-order valence-electron chi connectivity index (χ2n) is 6.39. The van der Waals surface area contributed by atoms with E-state index in [-0.39, 0.29) is 22.8 Å². The molecular formula is C21H21FN2O4S. The number of aromatic nitrogens is 2. The van der Waals surface area contributed by atoms with Gasteiger partial charge in [-0.15, -0.1) is 0 Å². The van der Waals surface area contributed by atoms with Crippen molar-refractivity contribution in [2.45, 2.75) is 18.2 Å². The molecule has 0 spiro atoms. The number of fused-ring (bicyclic) bond motifs is 1. The number of hydrogen-bond donors (Lipinski definition) is 1. The normalized spacial score (nSPS) is 11.3. The standard InChI is InChI=1S/C21H21FN2O4S/c1-4-29(26,27)15-8-9-19(22)16(12-15)18-13-24(2)20-17(18)11-14(7-5-6-10-25)23-21(20)28-3/h8-9,11-13,25H,4,6,10H2,1-3H3. The van der Waals surface area contributed by atoms with Crippen LogP contribution in [0.15, 0.2) is 35.4 Å². The summed E-state index contributed by atoms with van der Waals surface area (Å²) in [7, 11) is -0.228. The zero-order valence-corrected chi connectivity index (χ0v) is 17.2. The van der Waals surface area contributed by atoms with Crippen LogP contribution in [0.5, 0.6) is 5.88 Å². The molecule has 0 saturated carbocycles. The fraction of sp³-hybridized carbons (Fsp3) is 0.286. The Kier molecular flexibility index (Phi) is 5.91. The van der Waals surface area contributed by atoms with Crippen molar-refractivity contribution in [1.29, 1.82) is 0 Å². The van der Waals surface area contributed by atoms with Crippen LogP contribution in [0.3, 0.4) is 0 Å². The first-order valence-corrected chi connectivity index (χ1v) is 10.6. The molecule has 0 unspecified atom stereocenters. The average Bonchev–Trinajstić information content (AvgIpc) is 3.04. The third-order valence-electron chi connectivity index (χ3n) is 4.54. The second kappa shape index (κ2) is 8.23. The van der Waals surface area contributed by atoms with Crippen molar-refractivity contribution in [1.82, 2.24) is 9.55 Å². The number of methoxy groups -OCH3 is 1.